The van der Waals surface area contributed by atoms with E-state index in [1.165, 1.54) is 28.1 Å². The van der Waals surface area contributed by atoms with Gasteiger partial charge in [-0.1, -0.05) is 30.3 Å². The van der Waals surface area contributed by atoms with Gasteiger partial charge in [0.25, 0.3) is 0 Å². The Bertz CT molecular complexity index is 561. The monoisotopic (exact) mass is 238 g/mol. The molecule has 3 rings (SSSR count). The van der Waals surface area contributed by atoms with Gasteiger partial charge in [-0.15, -0.1) is 0 Å². The first kappa shape index (κ1) is 11.1. The van der Waals surface area contributed by atoms with E-state index in [0.717, 1.165) is 19.5 Å². The number of aryl methyl sites for hydroxylation is 1. The van der Waals surface area contributed by atoms with Gasteiger partial charge in [-0.25, -0.2) is 0 Å². The fourth-order valence-electron chi connectivity index (χ4n) is 2.51. The molecule has 0 bridgehead atoms. The average Bonchev–Trinajstić information content (AvgIpc) is 2.85. The van der Waals surface area contributed by atoms with Gasteiger partial charge in [-0.3, -0.25) is 0 Å². The zero-order chi connectivity index (χ0) is 12.4. The smallest absolute Gasteiger partial charge is 0.0424 e. The van der Waals surface area contributed by atoms with E-state index >= 15 is 0 Å². The second-order valence-corrected chi connectivity index (χ2v) is 4.85. The van der Waals surface area contributed by atoms with Gasteiger partial charge in [0.15, 0.2) is 0 Å². The van der Waals surface area contributed by atoms with Gasteiger partial charge < -0.3 is 10.6 Å². The molecule has 2 heteroatoms. The van der Waals surface area contributed by atoms with E-state index < -0.39 is 0 Å². The van der Waals surface area contributed by atoms with E-state index in [4.69, 9.17) is 0 Å². The average molecular weight is 238 g/mol. The van der Waals surface area contributed by atoms with Gasteiger partial charge in [0.05, 0.1) is 0 Å². The molecule has 0 atom stereocenters. The Morgan fingerprint density at radius 1 is 1.17 bits per heavy atom. The number of nitrogens with one attached hydrogen (secondary N) is 2. The standard InChI is InChI=1S/C16H18N2/c1-12-4-2-7-15(10-12)18-11-14-6-3-5-13-8-9-17-16(13)14/h2-7,10,17-18H,8-9,11H2,1H3. The maximum absolute atomic E-state index is 3.49. The van der Waals surface area contributed by atoms with E-state index in [1.807, 2.05) is 0 Å². The summed E-state index contributed by atoms with van der Waals surface area (Å²) in [6, 6.07) is 15.1. The van der Waals surface area contributed by atoms with Crippen molar-refractivity contribution in [1.82, 2.24) is 0 Å². The lowest BCUT2D eigenvalue weighted by Crippen LogP contribution is -2.03. The second kappa shape index (κ2) is 4.73. The minimum Gasteiger partial charge on any atom is -0.384 e. The van der Waals surface area contributed by atoms with E-state index in [-0.39, 0.29) is 0 Å². The fourth-order valence-corrected chi connectivity index (χ4v) is 2.51. The molecule has 0 radical (unpaired) electrons. The number of hydrogen-bond donors (Lipinski definition) is 2. The third-order valence-corrected chi connectivity index (χ3v) is 3.43. The van der Waals surface area contributed by atoms with Crippen molar-refractivity contribution in [2.75, 3.05) is 17.2 Å². The van der Waals surface area contributed by atoms with Crippen molar-refractivity contribution >= 4 is 11.4 Å². The highest BCUT2D eigenvalue weighted by Gasteiger charge is 2.12. The van der Waals surface area contributed by atoms with Crippen LogP contribution >= 0.6 is 0 Å². The minimum absolute atomic E-state index is 0.875. The van der Waals surface area contributed by atoms with Crippen molar-refractivity contribution < 1.29 is 0 Å². The van der Waals surface area contributed by atoms with Crippen molar-refractivity contribution in [3.63, 3.8) is 0 Å². The van der Waals surface area contributed by atoms with E-state index in [2.05, 4.69) is 60.0 Å². The summed E-state index contributed by atoms with van der Waals surface area (Å²) in [5.41, 5.74) is 6.60. The molecule has 2 nitrogen and oxygen atoms in total. The molecular weight excluding hydrogens is 220 g/mol. The molecule has 0 saturated carbocycles. The van der Waals surface area contributed by atoms with Gasteiger partial charge >= 0.3 is 0 Å². The van der Waals surface area contributed by atoms with E-state index in [0.29, 0.717) is 0 Å². The van der Waals surface area contributed by atoms with Gasteiger partial charge in [0, 0.05) is 24.5 Å². The summed E-state index contributed by atoms with van der Waals surface area (Å²) >= 11 is 0. The molecule has 2 aromatic rings. The minimum atomic E-state index is 0.875. The third kappa shape index (κ3) is 2.19. The molecule has 0 aromatic heterocycles. The Hall–Kier alpha value is -1.96. The highest BCUT2D eigenvalue weighted by molar-refractivity contribution is 5.62. The summed E-state index contributed by atoms with van der Waals surface area (Å²) in [5.74, 6) is 0. The summed E-state index contributed by atoms with van der Waals surface area (Å²) in [5, 5.41) is 6.97. The predicted octanol–water partition coefficient (Wildman–Crippen LogP) is 3.58. The Morgan fingerprint density at radius 3 is 2.94 bits per heavy atom. The molecule has 0 fully saturated rings. The van der Waals surface area contributed by atoms with Gasteiger partial charge in [0.2, 0.25) is 0 Å². The molecule has 92 valence electrons. The summed E-state index contributed by atoms with van der Waals surface area (Å²) in [7, 11) is 0. The Labute approximate surface area is 108 Å². The molecule has 0 amide bonds. The summed E-state index contributed by atoms with van der Waals surface area (Å²) in [4.78, 5) is 0. The van der Waals surface area contributed by atoms with Crippen LogP contribution in [0.3, 0.4) is 0 Å². The SMILES string of the molecule is Cc1cccc(NCc2cccc3c2NCC3)c1. The fraction of sp³-hybridized carbons (Fsp3) is 0.250. The number of hydrogen-bond acceptors (Lipinski definition) is 2. The lowest BCUT2D eigenvalue weighted by atomic mass is 10.1. The van der Waals surface area contributed by atoms with Crippen LogP contribution in [-0.4, -0.2) is 6.54 Å². The Kier molecular flexibility index (Phi) is 2.93. The predicted molar refractivity (Wildman–Crippen MR) is 77.1 cm³/mol. The highest BCUT2D eigenvalue weighted by atomic mass is 14.9. The summed E-state index contributed by atoms with van der Waals surface area (Å²) in [6.07, 6.45) is 1.15. The number of fused-ring (bicyclic) bond motifs is 1. The molecular formula is C16H18N2. The van der Waals surface area contributed by atoms with Crippen molar-refractivity contribution in [3.05, 3.63) is 59.2 Å². The molecule has 2 N–H and O–H groups in total. The highest BCUT2D eigenvalue weighted by Crippen LogP contribution is 2.27. The zero-order valence-corrected chi connectivity index (χ0v) is 10.7. The molecule has 1 heterocycles. The first-order valence-corrected chi connectivity index (χ1v) is 6.48. The Morgan fingerprint density at radius 2 is 2.06 bits per heavy atom. The summed E-state index contributed by atoms with van der Waals surface area (Å²) < 4.78 is 0. The van der Waals surface area contributed by atoms with E-state index in [9.17, 15) is 0 Å². The van der Waals surface area contributed by atoms with Crippen molar-refractivity contribution in [2.45, 2.75) is 19.9 Å². The van der Waals surface area contributed by atoms with Crippen LogP contribution in [0.1, 0.15) is 16.7 Å². The molecule has 18 heavy (non-hydrogen) atoms. The first-order chi connectivity index (χ1) is 8.83. The number of rotatable bonds is 3. The molecule has 1 aliphatic heterocycles. The topological polar surface area (TPSA) is 24.1 Å². The van der Waals surface area contributed by atoms with Crippen molar-refractivity contribution in [1.29, 1.82) is 0 Å². The number of para-hydroxylation sites is 1. The quantitative estimate of drug-likeness (QED) is 0.854. The maximum Gasteiger partial charge on any atom is 0.0424 e. The lowest BCUT2D eigenvalue weighted by Gasteiger charge is -2.11. The molecule has 1 aliphatic rings. The first-order valence-electron chi connectivity index (χ1n) is 6.48. The molecule has 0 unspecified atom stereocenters. The van der Waals surface area contributed by atoms with Crippen molar-refractivity contribution in [3.8, 4) is 0 Å². The third-order valence-electron chi connectivity index (χ3n) is 3.43. The molecule has 0 spiro atoms. The van der Waals surface area contributed by atoms with Crippen LogP contribution in [0.5, 0.6) is 0 Å². The van der Waals surface area contributed by atoms with Crippen LogP contribution in [0.4, 0.5) is 11.4 Å². The van der Waals surface area contributed by atoms with Gasteiger partial charge in [-0.2, -0.15) is 0 Å². The zero-order valence-electron chi connectivity index (χ0n) is 10.7. The van der Waals surface area contributed by atoms with Crippen LogP contribution in [0, 0.1) is 6.92 Å². The molecule has 2 aromatic carbocycles. The molecule has 0 saturated heterocycles. The van der Waals surface area contributed by atoms with Gasteiger partial charge in [-0.05, 0) is 42.2 Å². The summed E-state index contributed by atoms with van der Waals surface area (Å²) in [6.45, 7) is 4.06. The molecule has 0 aliphatic carbocycles. The van der Waals surface area contributed by atoms with Crippen LogP contribution in [0.25, 0.3) is 0 Å². The normalized spacial score (nSPS) is 12.9. The van der Waals surface area contributed by atoms with Gasteiger partial charge in [0.1, 0.15) is 0 Å². The number of anilines is 2. The largest absolute Gasteiger partial charge is 0.384 e. The van der Waals surface area contributed by atoms with Crippen LogP contribution in [-0.2, 0) is 13.0 Å². The van der Waals surface area contributed by atoms with Crippen LogP contribution in [0.15, 0.2) is 42.5 Å². The number of benzene rings is 2. The Balaban J connectivity index is 1.76. The van der Waals surface area contributed by atoms with Crippen molar-refractivity contribution in [2.24, 2.45) is 0 Å². The lowest BCUT2D eigenvalue weighted by molar-refractivity contribution is 1.11. The maximum atomic E-state index is 3.49. The second-order valence-electron chi connectivity index (χ2n) is 4.85. The van der Waals surface area contributed by atoms with Crippen LogP contribution in [0.2, 0.25) is 0 Å². The van der Waals surface area contributed by atoms with E-state index in [1.54, 1.807) is 0 Å². The van der Waals surface area contributed by atoms with Crippen LogP contribution < -0.4 is 10.6 Å².